The van der Waals surface area contributed by atoms with Crippen LogP contribution >= 0.6 is 23.6 Å². The molecule has 0 spiro atoms. The van der Waals surface area contributed by atoms with Gasteiger partial charge in [0.15, 0.2) is 5.11 Å². The van der Waals surface area contributed by atoms with Crippen molar-refractivity contribution in [3.05, 3.63) is 88.6 Å². The van der Waals surface area contributed by atoms with E-state index in [2.05, 4.69) is 16.0 Å². The Balaban J connectivity index is 1.45. The second-order valence-corrected chi connectivity index (χ2v) is 8.14. The van der Waals surface area contributed by atoms with Gasteiger partial charge in [-0.3, -0.25) is 14.9 Å². The maximum absolute atomic E-state index is 12.8. The standard InChI is InChI=1S/C24H19N3O3S2/c1-30-20-14-16(11-12-19(20)26-23(29)21-10-5-13-32-21)25-24(31)27-22(28)18-9-4-7-15-6-2-3-8-17(15)18/h2-14H,1H3,(H,26,29)(H2,25,27,28,31). The first-order valence-electron chi connectivity index (χ1n) is 9.68. The Labute approximate surface area is 194 Å². The number of carbonyl (C=O) groups excluding carboxylic acids is 2. The van der Waals surface area contributed by atoms with Gasteiger partial charge in [-0.25, -0.2) is 0 Å². The highest BCUT2D eigenvalue weighted by Crippen LogP contribution is 2.29. The normalized spacial score (nSPS) is 10.4. The van der Waals surface area contributed by atoms with E-state index >= 15 is 0 Å². The van der Waals surface area contributed by atoms with Crippen LogP contribution in [-0.2, 0) is 0 Å². The molecule has 0 saturated carbocycles. The van der Waals surface area contributed by atoms with Crippen molar-refractivity contribution < 1.29 is 14.3 Å². The smallest absolute Gasteiger partial charge is 0.265 e. The summed E-state index contributed by atoms with van der Waals surface area (Å²) in [5, 5.41) is 12.3. The summed E-state index contributed by atoms with van der Waals surface area (Å²) in [5.74, 6) is -0.0499. The lowest BCUT2D eigenvalue weighted by Gasteiger charge is -2.14. The third-order valence-electron chi connectivity index (χ3n) is 4.71. The van der Waals surface area contributed by atoms with Crippen molar-refractivity contribution in [1.82, 2.24) is 5.32 Å². The minimum atomic E-state index is -0.300. The van der Waals surface area contributed by atoms with Crippen molar-refractivity contribution in [2.45, 2.75) is 0 Å². The first kappa shape index (κ1) is 21.5. The van der Waals surface area contributed by atoms with E-state index in [1.807, 2.05) is 47.8 Å². The third kappa shape index (κ3) is 4.77. The summed E-state index contributed by atoms with van der Waals surface area (Å²) in [6, 6.07) is 21.9. The van der Waals surface area contributed by atoms with Gasteiger partial charge in [0, 0.05) is 17.3 Å². The molecule has 0 unspecified atom stereocenters. The van der Waals surface area contributed by atoms with Crippen molar-refractivity contribution in [1.29, 1.82) is 0 Å². The molecule has 0 aliphatic rings. The fraction of sp³-hybridized carbons (Fsp3) is 0.0417. The summed E-state index contributed by atoms with van der Waals surface area (Å²) in [7, 11) is 1.51. The van der Waals surface area contributed by atoms with Crippen molar-refractivity contribution >= 4 is 62.6 Å². The van der Waals surface area contributed by atoms with Crippen LogP contribution in [0.2, 0.25) is 0 Å². The molecule has 0 aliphatic carbocycles. The molecule has 0 fully saturated rings. The summed E-state index contributed by atoms with van der Waals surface area (Å²) >= 11 is 6.68. The third-order valence-corrected chi connectivity index (χ3v) is 5.79. The number of ether oxygens (including phenoxy) is 1. The van der Waals surface area contributed by atoms with Crippen molar-refractivity contribution in [2.75, 3.05) is 17.7 Å². The topological polar surface area (TPSA) is 79.5 Å². The molecule has 0 radical (unpaired) electrons. The molecule has 6 nitrogen and oxygen atoms in total. The van der Waals surface area contributed by atoms with Crippen LogP contribution in [0.4, 0.5) is 11.4 Å². The monoisotopic (exact) mass is 461 g/mol. The van der Waals surface area contributed by atoms with E-state index in [1.165, 1.54) is 18.4 Å². The Morgan fingerprint density at radius 3 is 2.50 bits per heavy atom. The quantitative estimate of drug-likeness (QED) is 0.352. The van der Waals surface area contributed by atoms with Gasteiger partial charge >= 0.3 is 0 Å². The van der Waals surface area contributed by atoms with Gasteiger partial charge in [-0.05, 0) is 52.6 Å². The number of methoxy groups -OCH3 is 1. The Bertz CT molecular complexity index is 1300. The van der Waals surface area contributed by atoms with Crippen LogP contribution in [0.1, 0.15) is 20.0 Å². The fourth-order valence-corrected chi connectivity index (χ4v) is 4.05. The van der Waals surface area contributed by atoms with E-state index in [4.69, 9.17) is 17.0 Å². The largest absolute Gasteiger partial charge is 0.494 e. The molecule has 2 amide bonds. The van der Waals surface area contributed by atoms with Gasteiger partial charge in [0.05, 0.1) is 17.7 Å². The minimum Gasteiger partial charge on any atom is -0.494 e. The second-order valence-electron chi connectivity index (χ2n) is 6.78. The average Bonchev–Trinajstić information content (AvgIpc) is 3.34. The van der Waals surface area contributed by atoms with Gasteiger partial charge in [-0.1, -0.05) is 42.5 Å². The van der Waals surface area contributed by atoms with E-state index in [1.54, 1.807) is 30.3 Å². The molecule has 0 atom stereocenters. The van der Waals surface area contributed by atoms with Crippen molar-refractivity contribution in [3.8, 4) is 5.75 Å². The summed E-state index contributed by atoms with van der Waals surface area (Å²) in [6.45, 7) is 0. The zero-order chi connectivity index (χ0) is 22.5. The fourth-order valence-electron chi connectivity index (χ4n) is 3.22. The highest BCUT2D eigenvalue weighted by atomic mass is 32.1. The zero-order valence-electron chi connectivity index (χ0n) is 17.0. The van der Waals surface area contributed by atoms with Crippen molar-refractivity contribution in [2.24, 2.45) is 0 Å². The summed E-state index contributed by atoms with van der Waals surface area (Å²) in [6.07, 6.45) is 0. The van der Waals surface area contributed by atoms with Crippen molar-refractivity contribution in [3.63, 3.8) is 0 Å². The molecule has 1 aromatic heterocycles. The molecule has 160 valence electrons. The lowest BCUT2D eigenvalue weighted by molar-refractivity contribution is 0.0978. The highest BCUT2D eigenvalue weighted by molar-refractivity contribution is 7.80. The van der Waals surface area contributed by atoms with Crippen LogP contribution in [0.3, 0.4) is 0 Å². The number of thiophene rings is 1. The molecule has 4 rings (SSSR count). The summed E-state index contributed by atoms with van der Waals surface area (Å²) in [4.78, 5) is 25.7. The van der Waals surface area contributed by atoms with Gasteiger partial charge in [0.25, 0.3) is 11.8 Å². The Morgan fingerprint density at radius 2 is 1.72 bits per heavy atom. The van der Waals surface area contributed by atoms with E-state index in [9.17, 15) is 9.59 Å². The number of hydrogen-bond donors (Lipinski definition) is 3. The number of fused-ring (bicyclic) bond motifs is 1. The number of nitrogens with one attached hydrogen (secondary N) is 3. The predicted octanol–water partition coefficient (Wildman–Crippen LogP) is 5.29. The molecular formula is C24H19N3O3S2. The lowest BCUT2D eigenvalue weighted by Crippen LogP contribution is -2.34. The van der Waals surface area contributed by atoms with Crippen LogP contribution in [0.5, 0.6) is 5.75 Å². The average molecular weight is 462 g/mol. The van der Waals surface area contributed by atoms with Gasteiger partial charge < -0.3 is 15.4 Å². The van der Waals surface area contributed by atoms with Crippen LogP contribution < -0.4 is 20.7 Å². The number of amides is 2. The lowest BCUT2D eigenvalue weighted by atomic mass is 10.0. The van der Waals surface area contributed by atoms with Gasteiger partial charge in [-0.15, -0.1) is 11.3 Å². The predicted molar refractivity (Wildman–Crippen MR) is 133 cm³/mol. The number of carbonyl (C=O) groups is 2. The molecule has 1 heterocycles. The van der Waals surface area contributed by atoms with E-state index in [-0.39, 0.29) is 16.9 Å². The molecule has 8 heteroatoms. The van der Waals surface area contributed by atoms with E-state index in [0.29, 0.717) is 27.6 Å². The zero-order valence-corrected chi connectivity index (χ0v) is 18.7. The SMILES string of the molecule is COc1cc(NC(=S)NC(=O)c2cccc3ccccc23)ccc1NC(=O)c1cccs1. The maximum Gasteiger partial charge on any atom is 0.265 e. The molecule has 0 aliphatic heterocycles. The van der Waals surface area contributed by atoms with Gasteiger partial charge in [-0.2, -0.15) is 0 Å². The molecule has 3 aromatic carbocycles. The van der Waals surface area contributed by atoms with E-state index < -0.39 is 0 Å². The molecule has 0 saturated heterocycles. The Kier molecular flexibility index (Phi) is 6.44. The number of rotatable bonds is 5. The maximum atomic E-state index is 12.8. The second kappa shape index (κ2) is 9.59. The molecular weight excluding hydrogens is 442 g/mol. The summed E-state index contributed by atoms with van der Waals surface area (Å²) < 4.78 is 5.40. The molecule has 0 bridgehead atoms. The number of thiocarbonyl (C=S) groups is 1. The van der Waals surface area contributed by atoms with Crippen LogP contribution in [-0.4, -0.2) is 24.0 Å². The molecule has 4 aromatic rings. The number of benzene rings is 3. The first-order chi connectivity index (χ1) is 15.5. The minimum absolute atomic E-state index is 0.153. The van der Waals surface area contributed by atoms with Crippen LogP contribution in [0.25, 0.3) is 10.8 Å². The van der Waals surface area contributed by atoms with E-state index in [0.717, 1.165) is 10.8 Å². The van der Waals surface area contributed by atoms with Gasteiger partial charge in [0.2, 0.25) is 0 Å². The van der Waals surface area contributed by atoms with Gasteiger partial charge in [0.1, 0.15) is 5.75 Å². The van der Waals surface area contributed by atoms with Crippen LogP contribution in [0.15, 0.2) is 78.2 Å². The Morgan fingerprint density at radius 1 is 0.906 bits per heavy atom. The molecule has 32 heavy (non-hydrogen) atoms. The van der Waals surface area contributed by atoms with Crippen LogP contribution in [0, 0.1) is 0 Å². The molecule has 3 N–H and O–H groups in total. The summed E-state index contributed by atoms with van der Waals surface area (Å²) in [5.41, 5.74) is 1.68. The Hall–Kier alpha value is -3.75. The number of hydrogen-bond acceptors (Lipinski definition) is 5. The highest BCUT2D eigenvalue weighted by Gasteiger charge is 2.14. The number of anilines is 2. The first-order valence-corrected chi connectivity index (χ1v) is 11.0.